The number of aryl methyl sites for hydroxylation is 1. The molecule has 1 aromatic carbocycles. The number of anilines is 1. The van der Waals surface area contributed by atoms with Gasteiger partial charge in [-0.1, -0.05) is 11.6 Å². The van der Waals surface area contributed by atoms with Gasteiger partial charge in [0.2, 0.25) is 5.91 Å². The van der Waals surface area contributed by atoms with Crippen LogP contribution < -0.4 is 10.1 Å². The van der Waals surface area contributed by atoms with Crippen molar-refractivity contribution in [2.24, 2.45) is 0 Å². The second kappa shape index (κ2) is 8.49. The van der Waals surface area contributed by atoms with Crippen LogP contribution in [0.25, 0.3) is 0 Å². The molecule has 0 saturated carbocycles. The first-order valence-corrected chi connectivity index (χ1v) is 8.65. The van der Waals surface area contributed by atoms with Gasteiger partial charge in [-0.2, -0.15) is 5.10 Å². The molecule has 3 rings (SSSR count). The summed E-state index contributed by atoms with van der Waals surface area (Å²) in [6.45, 7) is 2.13. The van der Waals surface area contributed by atoms with E-state index < -0.39 is 4.92 Å². The number of nitrogens with zero attached hydrogens (tertiary/aromatic N) is 4. The number of aromatic nitrogens is 3. The number of nitro groups is 1. The summed E-state index contributed by atoms with van der Waals surface area (Å²) in [6.07, 6.45) is 4.70. The monoisotopic (exact) mass is 401 g/mol. The predicted octanol–water partition coefficient (Wildman–Crippen LogP) is 3.97. The maximum Gasteiger partial charge on any atom is 0.275 e. The number of hydrogen-bond acceptors (Lipinski definition) is 6. The van der Waals surface area contributed by atoms with Crippen molar-refractivity contribution >= 4 is 28.9 Å². The molecule has 2 heterocycles. The van der Waals surface area contributed by atoms with Gasteiger partial charge >= 0.3 is 0 Å². The zero-order chi connectivity index (χ0) is 20.1. The van der Waals surface area contributed by atoms with Gasteiger partial charge in [0.1, 0.15) is 11.5 Å². The lowest BCUT2D eigenvalue weighted by atomic mass is 10.2. The van der Waals surface area contributed by atoms with Crippen LogP contribution >= 0.6 is 11.6 Å². The van der Waals surface area contributed by atoms with Gasteiger partial charge in [0.15, 0.2) is 0 Å². The van der Waals surface area contributed by atoms with Gasteiger partial charge in [-0.25, -0.2) is 0 Å². The second-order valence-electron chi connectivity index (χ2n) is 5.86. The number of ether oxygens (including phenoxy) is 1. The van der Waals surface area contributed by atoms with Gasteiger partial charge in [0.25, 0.3) is 5.69 Å². The van der Waals surface area contributed by atoms with Gasteiger partial charge in [0, 0.05) is 24.8 Å². The maximum absolute atomic E-state index is 12.2. The molecule has 10 heteroatoms. The molecule has 0 radical (unpaired) electrons. The van der Waals surface area contributed by atoms with Crippen molar-refractivity contribution in [1.82, 2.24) is 14.8 Å². The van der Waals surface area contributed by atoms with Crippen LogP contribution in [-0.2, 0) is 11.3 Å². The molecule has 0 aliphatic heterocycles. The fourth-order valence-electron chi connectivity index (χ4n) is 2.44. The average Bonchev–Trinajstić information content (AvgIpc) is 2.99. The van der Waals surface area contributed by atoms with E-state index in [4.69, 9.17) is 16.3 Å². The van der Waals surface area contributed by atoms with E-state index in [-0.39, 0.29) is 29.5 Å². The Morgan fingerprint density at radius 1 is 1.32 bits per heavy atom. The summed E-state index contributed by atoms with van der Waals surface area (Å²) in [5, 5.41) is 18.4. The van der Waals surface area contributed by atoms with E-state index in [1.165, 1.54) is 30.6 Å². The summed E-state index contributed by atoms with van der Waals surface area (Å²) in [5.74, 6) is 0.317. The van der Waals surface area contributed by atoms with Gasteiger partial charge < -0.3 is 10.1 Å². The third kappa shape index (κ3) is 4.83. The molecule has 0 atom stereocenters. The number of nitrogens with one attached hydrogen (secondary N) is 1. The van der Waals surface area contributed by atoms with Gasteiger partial charge in [-0.15, -0.1) is 0 Å². The Morgan fingerprint density at radius 2 is 2.14 bits per heavy atom. The Bertz CT molecular complexity index is 1010. The smallest absolute Gasteiger partial charge is 0.275 e. The summed E-state index contributed by atoms with van der Waals surface area (Å²) in [7, 11) is 0. The number of hydrogen-bond donors (Lipinski definition) is 1. The van der Waals surface area contributed by atoms with Crippen molar-refractivity contribution in [1.29, 1.82) is 0 Å². The minimum Gasteiger partial charge on any atom is -0.455 e. The summed E-state index contributed by atoms with van der Waals surface area (Å²) in [6, 6.07) is 7.40. The predicted molar refractivity (Wildman–Crippen MR) is 103 cm³/mol. The molecule has 2 aromatic heterocycles. The largest absolute Gasteiger partial charge is 0.455 e. The van der Waals surface area contributed by atoms with Crippen LogP contribution in [-0.4, -0.2) is 25.6 Å². The number of nitro benzene ring substituents is 1. The Labute approximate surface area is 165 Å². The van der Waals surface area contributed by atoms with Crippen LogP contribution in [0.3, 0.4) is 0 Å². The third-order valence-electron chi connectivity index (χ3n) is 3.85. The molecular weight excluding hydrogens is 386 g/mol. The van der Waals surface area contributed by atoms with E-state index in [0.29, 0.717) is 17.3 Å². The lowest BCUT2D eigenvalue weighted by Gasteiger charge is -2.10. The highest BCUT2D eigenvalue weighted by Crippen LogP contribution is 2.29. The number of non-ortho nitro benzene ring substituents is 1. The van der Waals surface area contributed by atoms with E-state index >= 15 is 0 Å². The molecule has 0 spiro atoms. The quantitative estimate of drug-likeness (QED) is 0.473. The van der Waals surface area contributed by atoms with Crippen molar-refractivity contribution in [3.63, 3.8) is 0 Å². The van der Waals surface area contributed by atoms with E-state index in [9.17, 15) is 14.9 Å². The third-order valence-corrected chi connectivity index (χ3v) is 4.22. The number of benzene rings is 1. The van der Waals surface area contributed by atoms with E-state index in [1.807, 2.05) is 0 Å². The van der Waals surface area contributed by atoms with E-state index in [0.717, 1.165) is 5.69 Å². The van der Waals surface area contributed by atoms with Gasteiger partial charge in [0.05, 0.1) is 46.3 Å². The van der Waals surface area contributed by atoms with Crippen molar-refractivity contribution < 1.29 is 14.5 Å². The molecule has 9 nitrogen and oxygen atoms in total. The molecule has 28 heavy (non-hydrogen) atoms. The minimum atomic E-state index is -0.555. The van der Waals surface area contributed by atoms with E-state index in [1.54, 1.807) is 29.9 Å². The Morgan fingerprint density at radius 3 is 2.79 bits per heavy atom. The highest BCUT2D eigenvalue weighted by atomic mass is 35.5. The molecule has 0 aliphatic carbocycles. The van der Waals surface area contributed by atoms with Crippen molar-refractivity contribution in [3.05, 3.63) is 69.8 Å². The van der Waals surface area contributed by atoms with Crippen LogP contribution in [0.15, 0.2) is 48.9 Å². The number of rotatable bonds is 7. The van der Waals surface area contributed by atoms with Crippen molar-refractivity contribution in [3.8, 4) is 11.5 Å². The van der Waals surface area contributed by atoms with Crippen LogP contribution in [0.4, 0.5) is 11.4 Å². The zero-order valence-corrected chi connectivity index (χ0v) is 15.6. The van der Waals surface area contributed by atoms with Crippen LogP contribution in [0.2, 0.25) is 5.02 Å². The molecule has 1 N–H and O–H groups in total. The number of carbonyl (C=O) groups is 1. The molecule has 0 bridgehead atoms. The molecule has 3 aromatic rings. The standard InChI is InChI=1S/C18H16ClN5O4/c1-12-17(19)11-21-23(12)6-4-18(25)22-13-7-14(24(26)27)9-16(8-13)28-15-3-2-5-20-10-15/h2-3,5,7-11H,4,6H2,1H3,(H,22,25). The van der Waals surface area contributed by atoms with Crippen molar-refractivity contribution in [2.75, 3.05) is 5.32 Å². The first-order chi connectivity index (χ1) is 13.4. The molecule has 0 unspecified atom stereocenters. The molecule has 0 saturated heterocycles. The van der Waals surface area contributed by atoms with Crippen LogP contribution in [0.1, 0.15) is 12.1 Å². The number of carbonyl (C=O) groups excluding carboxylic acids is 1. The number of pyridine rings is 1. The Kier molecular flexibility index (Phi) is 5.85. The molecule has 0 fully saturated rings. The summed E-state index contributed by atoms with van der Waals surface area (Å²) in [4.78, 5) is 26.8. The van der Waals surface area contributed by atoms with Gasteiger partial charge in [-0.3, -0.25) is 24.6 Å². The van der Waals surface area contributed by atoms with E-state index in [2.05, 4.69) is 15.4 Å². The highest BCUT2D eigenvalue weighted by Gasteiger charge is 2.14. The fraction of sp³-hybridized carbons (Fsp3) is 0.167. The normalized spacial score (nSPS) is 10.5. The Balaban J connectivity index is 1.72. The highest BCUT2D eigenvalue weighted by molar-refractivity contribution is 6.31. The summed E-state index contributed by atoms with van der Waals surface area (Å²) < 4.78 is 7.21. The second-order valence-corrected chi connectivity index (χ2v) is 6.27. The summed E-state index contributed by atoms with van der Waals surface area (Å²) >= 11 is 5.94. The molecule has 144 valence electrons. The maximum atomic E-state index is 12.2. The SMILES string of the molecule is Cc1c(Cl)cnn1CCC(=O)Nc1cc(Oc2cccnc2)cc([N+](=O)[O-])c1. The molecule has 1 amide bonds. The average molecular weight is 402 g/mol. The van der Waals surface area contributed by atoms with Crippen molar-refractivity contribution in [2.45, 2.75) is 19.9 Å². The lowest BCUT2D eigenvalue weighted by molar-refractivity contribution is -0.384. The summed E-state index contributed by atoms with van der Waals surface area (Å²) in [5.41, 5.74) is 0.816. The first-order valence-electron chi connectivity index (χ1n) is 8.27. The Hall–Kier alpha value is -3.46. The first kappa shape index (κ1) is 19.3. The minimum absolute atomic E-state index is 0.125. The lowest BCUT2D eigenvalue weighted by Crippen LogP contribution is -2.15. The molecule has 0 aliphatic rings. The fourth-order valence-corrected chi connectivity index (χ4v) is 2.58. The van der Waals surface area contributed by atoms with Crippen LogP contribution in [0.5, 0.6) is 11.5 Å². The van der Waals surface area contributed by atoms with Gasteiger partial charge in [-0.05, 0) is 19.1 Å². The number of amides is 1. The van der Waals surface area contributed by atoms with Crippen LogP contribution in [0, 0.1) is 17.0 Å². The topological polar surface area (TPSA) is 112 Å². The molecular formula is C18H16ClN5O4. The zero-order valence-electron chi connectivity index (χ0n) is 14.8. The number of halogens is 1.